The Balaban J connectivity index is 1.52. The van der Waals surface area contributed by atoms with Gasteiger partial charge < -0.3 is 0 Å². The lowest BCUT2D eigenvalue weighted by molar-refractivity contribution is 0.577. The number of H-pyrrole nitrogens is 1. The van der Waals surface area contributed by atoms with E-state index in [2.05, 4.69) is 30.4 Å². The van der Waals surface area contributed by atoms with Gasteiger partial charge in [0.15, 0.2) is 5.03 Å². The van der Waals surface area contributed by atoms with Crippen LogP contribution in [0.25, 0.3) is 38.9 Å². The van der Waals surface area contributed by atoms with Crippen LogP contribution in [0.5, 0.6) is 0 Å². The molecule has 158 valence electrons. The molecule has 0 fully saturated rings. The van der Waals surface area contributed by atoms with Crippen molar-refractivity contribution in [1.29, 1.82) is 0 Å². The molecule has 6 rings (SSSR count). The molecule has 0 aromatic carbocycles. The predicted octanol–water partition coefficient (Wildman–Crippen LogP) is 2.11. The topological polar surface area (TPSA) is 129 Å². The second-order valence-corrected chi connectivity index (χ2v) is 8.97. The Kier molecular flexibility index (Phi) is 3.80. The molecule has 6 aromatic heterocycles. The summed E-state index contributed by atoms with van der Waals surface area (Å²) < 4.78 is 31.4. The second kappa shape index (κ2) is 6.59. The van der Waals surface area contributed by atoms with Gasteiger partial charge in [-0.05, 0) is 18.2 Å². The molecule has 6 heterocycles. The fourth-order valence-corrected chi connectivity index (χ4v) is 4.96. The summed E-state index contributed by atoms with van der Waals surface area (Å²) in [5.41, 5.74) is 4.53. The SMILES string of the molecule is Cn1cc(-c2cnc3cnn(S(=O)(=O)c4cnc5ccc(-c6cn[nH]c6)cn45)c3c2)cn1. The van der Waals surface area contributed by atoms with E-state index in [4.69, 9.17) is 0 Å². The van der Waals surface area contributed by atoms with Crippen molar-refractivity contribution in [3.8, 4) is 22.3 Å². The van der Waals surface area contributed by atoms with Crippen LogP contribution in [0, 0.1) is 0 Å². The average molecular weight is 445 g/mol. The molecule has 0 spiro atoms. The van der Waals surface area contributed by atoms with E-state index >= 15 is 0 Å². The van der Waals surface area contributed by atoms with Crippen molar-refractivity contribution in [1.82, 2.24) is 43.5 Å². The van der Waals surface area contributed by atoms with E-state index < -0.39 is 10.0 Å². The van der Waals surface area contributed by atoms with Crippen LogP contribution < -0.4 is 0 Å². The van der Waals surface area contributed by atoms with Gasteiger partial charge in [-0.15, -0.1) is 0 Å². The highest BCUT2D eigenvalue weighted by Gasteiger charge is 2.25. The molecule has 0 bridgehead atoms. The number of aromatic nitrogens is 9. The highest BCUT2D eigenvalue weighted by molar-refractivity contribution is 7.90. The molecule has 0 atom stereocenters. The summed E-state index contributed by atoms with van der Waals surface area (Å²) in [6.07, 6.45) is 13.1. The number of rotatable bonds is 4. The lowest BCUT2D eigenvalue weighted by atomic mass is 10.1. The standard InChI is InChI=1S/C20H15N9O2S/c1-27-11-16(8-25-27)14-4-18-17(21-5-14)9-26-29(18)32(30,31)20-10-22-19-3-2-13(12-28(19)20)15-6-23-24-7-15/h2-12H,1H3,(H,23,24). The molecule has 0 saturated carbocycles. The molecule has 32 heavy (non-hydrogen) atoms. The van der Waals surface area contributed by atoms with Crippen molar-refractivity contribution in [2.24, 2.45) is 7.05 Å². The van der Waals surface area contributed by atoms with Gasteiger partial charge in [-0.2, -0.15) is 27.8 Å². The number of hydrogen-bond acceptors (Lipinski definition) is 7. The highest BCUT2D eigenvalue weighted by Crippen LogP contribution is 2.26. The number of pyridine rings is 2. The van der Waals surface area contributed by atoms with E-state index in [1.165, 1.54) is 16.8 Å². The maximum Gasteiger partial charge on any atom is 0.301 e. The fraction of sp³-hybridized carbons (Fsp3) is 0.0500. The Morgan fingerprint density at radius 1 is 0.875 bits per heavy atom. The van der Waals surface area contributed by atoms with Crippen molar-refractivity contribution in [3.05, 3.63) is 67.8 Å². The first-order valence-corrected chi connectivity index (χ1v) is 11.0. The molecule has 0 aliphatic rings. The van der Waals surface area contributed by atoms with Gasteiger partial charge in [0.2, 0.25) is 0 Å². The van der Waals surface area contributed by atoms with Crippen LogP contribution in [0.15, 0.2) is 72.8 Å². The van der Waals surface area contributed by atoms with Crippen LogP contribution in [-0.2, 0) is 17.1 Å². The van der Waals surface area contributed by atoms with Gasteiger partial charge in [-0.1, -0.05) is 0 Å². The summed E-state index contributed by atoms with van der Waals surface area (Å²) in [6, 6.07) is 5.35. The van der Waals surface area contributed by atoms with Crippen LogP contribution in [0.3, 0.4) is 0 Å². The summed E-state index contributed by atoms with van der Waals surface area (Å²) in [5.74, 6) is 0. The number of nitrogens with zero attached hydrogens (tertiary/aromatic N) is 8. The van der Waals surface area contributed by atoms with Crippen LogP contribution in [0.2, 0.25) is 0 Å². The monoisotopic (exact) mass is 445 g/mol. The van der Waals surface area contributed by atoms with E-state index in [-0.39, 0.29) is 5.03 Å². The summed E-state index contributed by atoms with van der Waals surface area (Å²) in [4.78, 5) is 8.63. The molecule has 0 radical (unpaired) electrons. The largest absolute Gasteiger partial charge is 0.301 e. The van der Waals surface area contributed by atoms with Gasteiger partial charge in [0.05, 0.1) is 24.8 Å². The van der Waals surface area contributed by atoms with Gasteiger partial charge >= 0.3 is 10.0 Å². The molecule has 0 saturated heterocycles. The van der Waals surface area contributed by atoms with E-state index in [0.717, 1.165) is 26.3 Å². The predicted molar refractivity (Wildman–Crippen MR) is 115 cm³/mol. The van der Waals surface area contributed by atoms with Crippen molar-refractivity contribution < 1.29 is 8.42 Å². The Morgan fingerprint density at radius 2 is 1.78 bits per heavy atom. The van der Waals surface area contributed by atoms with Crippen LogP contribution >= 0.6 is 0 Å². The lowest BCUT2D eigenvalue weighted by Crippen LogP contribution is -2.16. The molecule has 6 aromatic rings. The zero-order valence-corrected chi connectivity index (χ0v) is 17.5. The van der Waals surface area contributed by atoms with Gasteiger partial charge in [-0.3, -0.25) is 19.2 Å². The number of aryl methyl sites for hydroxylation is 1. The molecule has 11 nitrogen and oxygen atoms in total. The number of imidazole rings is 1. The van der Waals surface area contributed by atoms with Crippen LogP contribution in [0.1, 0.15) is 0 Å². The lowest BCUT2D eigenvalue weighted by Gasteiger charge is -2.07. The summed E-state index contributed by atoms with van der Waals surface area (Å²) in [6.45, 7) is 0. The third kappa shape index (κ3) is 2.73. The minimum Gasteiger partial charge on any atom is -0.288 e. The normalized spacial score (nSPS) is 12.2. The Bertz CT molecular complexity index is 1710. The molecular weight excluding hydrogens is 430 g/mol. The molecule has 0 aliphatic heterocycles. The van der Waals surface area contributed by atoms with Crippen LogP contribution in [-0.4, -0.2) is 52.0 Å². The van der Waals surface area contributed by atoms with Gasteiger partial charge in [0, 0.05) is 54.1 Å². The first-order chi connectivity index (χ1) is 15.5. The Morgan fingerprint density at radius 3 is 2.56 bits per heavy atom. The van der Waals surface area contributed by atoms with E-state index in [0.29, 0.717) is 16.7 Å². The molecule has 0 amide bonds. The molecule has 12 heteroatoms. The molecule has 0 unspecified atom stereocenters. The minimum atomic E-state index is -4.06. The number of nitrogens with one attached hydrogen (secondary N) is 1. The summed E-state index contributed by atoms with van der Waals surface area (Å²) in [7, 11) is -2.25. The highest BCUT2D eigenvalue weighted by atomic mass is 32.2. The molecule has 1 N–H and O–H groups in total. The number of fused-ring (bicyclic) bond motifs is 2. The molecule has 0 aliphatic carbocycles. The van der Waals surface area contributed by atoms with Crippen molar-refractivity contribution in [2.75, 3.05) is 0 Å². The Labute approximate surface area is 181 Å². The smallest absolute Gasteiger partial charge is 0.288 e. The third-order valence-corrected chi connectivity index (χ3v) is 6.80. The van der Waals surface area contributed by atoms with Crippen molar-refractivity contribution in [3.63, 3.8) is 0 Å². The van der Waals surface area contributed by atoms with E-state index in [1.807, 2.05) is 19.3 Å². The maximum absolute atomic E-state index is 13.6. The van der Waals surface area contributed by atoms with E-state index in [9.17, 15) is 8.42 Å². The minimum absolute atomic E-state index is 0.00498. The summed E-state index contributed by atoms with van der Waals surface area (Å²) >= 11 is 0. The summed E-state index contributed by atoms with van der Waals surface area (Å²) in [5, 5.41) is 15.0. The fourth-order valence-electron chi connectivity index (χ4n) is 3.62. The zero-order chi connectivity index (χ0) is 21.9. The van der Waals surface area contributed by atoms with Gasteiger partial charge in [0.25, 0.3) is 0 Å². The first-order valence-electron chi connectivity index (χ1n) is 9.55. The van der Waals surface area contributed by atoms with Gasteiger partial charge in [-0.25, -0.2) is 4.98 Å². The van der Waals surface area contributed by atoms with Crippen molar-refractivity contribution >= 4 is 26.7 Å². The first kappa shape index (κ1) is 18.4. The number of hydrogen-bond donors (Lipinski definition) is 1. The third-order valence-electron chi connectivity index (χ3n) is 5.22. The Hall–Kier alpha value is -4.32. The maximum atomic E-state index is 13.6. The van der Waals surface area contributed by atoms with Crippen LogP contribution in [0.4, 0.5) is 0 Å². The zero-order valence-electron chi connectivity index (χ0n) is 16.7. The van der Waals surface area contributed by atoms with E-state index in [1.54, 1.807) is 47.8 Å². The van der Waals surface area contributed by atoms with Gasteiger partial charge in [0.1, 0.15) is 16.7 Å². The van der Waals surface area contributed by atoms with Crippen molar-refractivity contribution in [2.45, 2.75) is 5.03 Å². The second-order valence-electron chi connectivity index (χ2n) is 7.25. The average Bonchev–Trinajstić information content (AvgIpc) is 3.58. The number of aromatic amines is 1. The quantitative estimate of drug-likeness (QED) is 0.440. The molecular formula is C20H15N9O2S.